The summed E-state index contributed by atoms with van der Waals surface area (Å²) < 4.78 is 5.62. The van der Waals surface area contributed by atoms with Crippen LogP contribution in [0.15, 0.2) is 53.7 Å². The maximum absolute atomic E-state index is 12.3. The van der Waals surface area contributed by atoms with E-state index in [2.05, 4.69) is 20.5 Å². The Morgan fingerprint density at radius 2 is 2.07 bits per heavy atom. The second kappa shape index (κ2) is 8.92. The lowest BCUT2D eigenvalue weighted by Gasteiger charge is -2.10. The van der Waals surface area contributed by atoms with Crippen molar-refractivity contribution >= 4 is 35.0 Å². The minimum atomic E-state index is -0.341. The van der Waals surface area contributed by atoms with Crippen molar-refractivity contribution < 1.29 is 9.53 Å². The summed E-state index contributed by atoms with van der Waals surface area (Å²) in [5.74, 6) is 1.17. The van der Waals surface area contributed by atoms with Crippen LogP contribution in [-0.2, 0) is 11.4 Å². The van der Waals surface area contributed by atoms with Gasteiger partial charge in [-0.05, 0) is 55.8 Å². The van der Waals surface area contributed by atoms with Gasteiger partial charge in [-0.1, -0.05) is 35.5 Å². The van der Waals surface area contributed by atoms with Gasteiger partial charge in [-0.15, -0.1) is 5.10 Å². The molecule has 0 fully saturated rings. The number of hydrogen-bond donors (Lipinski definition) is 2. The van der Waals surface area contributed by atoms with Gasteiger partial charge < -0.3 is 10.1 Å². The molecule has 0 aliphatic carbocycles. The Morgan fingerprint density at radius 3 is 2.81 bits per heavy atom. The van der Waals surface area contributed by atoms with Gasteiger partial charge >= 0.3 is 0 Å². The summed E-state index contributed by atoms with van der Waals surface area (Å²) in [5, 5.41) is 10.7. The third-order valence-corrected chi connectivity index (χ3v) is 4.85. The fourth-order valence-corrected chi connectivity index (χ4v) is 3.13. The molecule has 3 rings (SSSR count). The number of rotatable bonds is 7. The van der Waals surface area contributed by atoms with Crippen molar-refractivity contribution in [2.24, 2.45) is 0 Å². The van der Waals surface area contributed by atoms with Crippen LogP contribution in [0.5, 0.6) is 5.75 Å². The summed E-state index contributed by atoms with van der Waals surface area (Å²) in [5.41, 5.74) is 1.87. The lowest BCUT2D eigenvalue weighted by molar-refractivity contribution is -0.115. The predicted octanol–water partition coefficient (Wildman–Crippen LogP) is 4.46. The summed E-state index contributed by atoms with van der Waals surface area (Å²) >= 11 is 7.13. The molecule has 1 atom stereocenters. The molecule has 0 saturated carbocycles. The zero-order valence-electron chi connectivity index (χ0n) is 14.9. The molecule has 1 amide bonds. The number of amides is 1. The van der Waals surface area contributed by atoms with E-state index in [0.717, 1.165) is 11.3 Å². The summed E-state index contributed by atoms with van der Waals surface area (Å²) in [6.45, 7) is 4.05. The Bertz CT molecular complexity index is 914. The quantitative estimate of drug-likeness (QED) is 0.570. The molecule has 0 bridgehead atoms. The van der Waals surface area contributed by atoms with E-state index in [1.807, 2.05) is 38.1 Å². The summed E-state index contributed by atoms with van der Waals surface area (Å²) in [6, 6.07) is 14.8. The lowest BCUT2D eigenvalue weighted by Crippen LogP contribution is -2.22. The van der Waals surface area contributed by atoms with Crippen molar-refractivity contribution in [3.8, 4) is 5.75 Å². The number of benzene rings is 2. The number of H-pyrrole nitrogens is 1. The van der Waals surface area contributed by atoms with Gasteiger partial charge in [0.2, 0.25) is 11.1 Å². The zero-order valence-corrected chi connectivity index (χ0v) is 16.5. The first kappa shape index (κ1) is 19.3. The first-order valence-electron chi connectivity index (χ1n) is 8.33. The molecular weight excluding hydrogens is 384 g/mol. The molecule has 1 aromatic heterocycles. The van der Waals surface area contributed by atoms with Crippen LogP contribution in [-0.4, -0.2) is 26.3 Å². The highest BCUT2D eigenvalue weighted by Crippen LogP contribution is 2.22. The summed E-state index contributed by atoms with van der Waals surface area (Å²) in [4.78, 5) is 16.7. The third-order valence-electron chi connectivity index (χ3n) is 3.64. The van der Waals surface area contributed by atoms with Crippen molar-refractivity contribution in [1.29, 1.82) is 0 Å². The molecule has 27 heavy (non-hydrogen) atoms. The average Bonchev–Trinajstić information content (AvgIpc) is 3.08. The molecule has 6 nitrogen and oxygen atoms in total. The van der Waals surface area contributed by atoms with Crippen LogP contribution in [0.2, 0.25) is 5.02 Å². The second-order valence-corrected chi connectivity index (χ2v) is 7.67. The van der Waals surface area contributed by atoms with Crippen molar-refractivity contribution in [3.05, 3.63) is 64.9 Å². The van der Waals surface area contributed by atoms with E-state index >= 15 is 0 Å². The molecule has 8 heteroatoms. The normalized spacial score (nSPS) is 11.8. The van der Waals surface area contributed by atoms with Gasteiger partial charge in [0.25, 0.3) is 0 Å². The molecule has 0 radical (unpaired) electrons. The van der Waals surface area contributed by atoms with Crippen molar-refractivity contribution in [2.75, 3.05) is 5.32 Å². The number of hydrogen-bond acceptors (Lipinski definition) is 5. The number of aromatic amines is 1. The van der Waals surface area contributed by atoms with E-state index in [0.29, 0.717) is 21.8 Å². The topological polar surface area (TPSA) is 79.9 Å². The molecule has 1 heterocycles. The number of ether oxygens (including phenoxy) is 1. The van der Waals surface area contributed by atoms with Gasteiger partial charge in [0.15, 0.2) is 5.82 Å². The first-order valence-corrected chi connectivity index (χ1v) is 9.59. The molecule has 140 valence electrons. The van der Waals surface area contributed by atoms with E-state index in [1.54, 1.807) is 24.3 Å². The third kappa shape index (κ3) is 5.74. The van der Waals surface area contributed by atoms with Crippen LogP contribution in [0.4, 0.5) is 5.69 Å². The Hall–Kier alpha value is -2.51. The van der Waals surface area contributed by atoms with Crippen LogP contribution in [0.1, 0.15) is 18.3 Å². The number of nitrogens with zero attached hydrogens (tertiary/aromatic N) is 2. The molecule has 3 aromatic rings. The fraction of sp³-hybridized carbons (Fsp3) is 0.211. The van der Waals surface area contributed by atoms with Crippen LogP contribution < -0.4 is 10.1 Å². The van der Waals surface area contributed by atoms with E-state index in [4.69, 9.17) is 16.3 Å². The lowest BCUT2D eigenvalue weighted by atomic mass is 10.2. The number of halogens is 1. The van der Waals surface area contributed by atoms with Crippen LogP contribution in [0.3, 0.4) is 0 Å². The van der Waals surface area contributed by atoms with E-state index in [-0.39, 0.29) is 17.8 Å². The monoisotopic (exact) mass is 402 g/mol. The SMILES string of the molecule is Cc1cccc(NC(=O)C(C)Sc2n[nH]c(COc3ccc(Cl)cc3)n2)c1. The highest BCUT2D eigenvalue weighted by molar-refractivity contribution is 8.00. The standard InChI is InChI=1S/C19H19ClN4O2S/c1-12-4-3-5-15(10-12)21-18(25)13(2)27-19-22-17(23-24-19)11-26-16-8-6-14(20)7-9-16/h3-10,13H,11H2,1-2H3,(H,21,25)(H,22,23,24). The molecular formula is C19H19ClN4O2S. The predicted molar refractivity (Wildman–Crippen MR) is 107 cm³/mol. The average molecular weight is 403 g/mol. The maximum Gasteiger partial charge on any atom is 0.237 e. The number of aromatic nitrogens is 3. The molecule has 0 aliphatic heterocycles. The van der Waals surface area contributed by atoms with Crippen LogP contribution in [0.25, 0.3) is 0 Å². The molecule has 0 aliphatic rings. The number of thioether (sulfide) groups is 1. The van der Waals surface area contributed by atoms with Crippen molar-refractivity contribution in [1.82, 2.24) is 15.2 Å². The largest absolute Gasteiger partial charge is 0.486 e. The van der Waals surface area contributed by atoms with Gasteiger partial charge in [0.05, 0.1) is 5.25 Å². The van der Waals surface area contributed by atoms with Gasteiger partial charge in [-0.25, -0.2) is 4.98 Å². The Balaban J connectivity index is 1.51. The van der Waals surface area contributed by atoms with Crippen LogP contribution in [0, 0.1) is 6.92 Å². The van der Waals surface area contributed by atoms with E-state index < -0.39 is 0 Å². The Labute approximate surface area is 166 Å². The second-order valence-electron chi connectivity index (χ2n) is 5.93. The van der Waals surface area contributed by atoms with Gasteiger partial charge in [0.1, 0.15) is 12.4 Å². The minimum Gasteiger partial charge on any atom is -0.486 e. The van der Waals surface area contributed by atoms with E-state index in [1.165, 1.54) is 11.8 Å². The highest BCUT2D eigenvalue weighted by atomic mass is 35.5. The summed E-state index contributed by atoms with van der Waals surface area (Å²) in [7, 11) is 0. The van der Waals surface area contributed by atoms with E-state index in [9.17, 15) is 4.79 Å². The summed E-state index contributed by atoms with van der Waals surface area (Å²) in [6.07, 6.45) is 0. The Kier molecular flexibility index (Phi) is 6.36. The first-order chi connectivity index (χ1) is 13.0. The Morgan fingerprint density at radius 1 is 1.30 bits per heavy atom. The molecule has 1 unspecified atom stereocenters. The van der Waals surface area contributed by atoms with Crippen LogP contribution >= 0.6 is 23.4 Å². The van der Waals surface area contributed by atoms with Gasteiger partial charge in [0, 0.05) is 10.7 Å². The number of carbonyl (C=O) groups excluding carboxylic acids is 1. The van der Waals surface area contributed by atoms with Crippen molar-refractivity contribution in [2.45, 2.75) is 30.9 Å². The number of nitrogens with one attached hydrogen (secondary N) is 2. The number of anilines is 1. The minimum absolute atomic E-state index is 0.102. The molecule has 2 aromatic carbocycles. The van der Waals surface area contributed by atoms with Gasteiger partial charge in [-0.2, -0.15) is 0 Å². The zero-order chi connectivity index (χ0) is 19.2. The van der Waals surface area contributed by atoms with Gasteiger partial charge in [-0.3, -0.25) is 9.89 Å². The number of carbonyl (C=O) groups is 1. The highest BCUT2D eigenvalue weighted by Gasteiger charge is 2.17. The van der Waals surface area contributed by atoms with Crippen molar-refractivity contribution in [3.63, 3.8) is 0 Å². The maximum atomic E-state index is 12.3. The smallest absolute Gasteiger partial charge is 0.237 e. The molecule has 2 N–H and O–H groups in total. The number of aryl methyl sites for hydroxylation is 1. The fourth-order valence-electron chi connectivity index (χ4n) is 2.26. The molecule has 0 saturated heterocycles. The molecule has 0 spiro atoms.